The highest BCUT2D eigenvalue weighted by Gasteiger charge is 2.32. The molecule has 3 atom stereocenters. The first-order chi connectivity index (χ1) is 7.07. The van der Waals surface area contributed by atoms with Crippen LogP contribution in [0.5, 0.6) is 0 Å². The van der Waals surface area contributed by atoms with Gasteiger partial charge in [0.25, 0.3) is 0 Å². The average Bonchev–Trinajstić information content (AvgIpc) is 2.50. The van der Waals surface area contributed by atoms with E-state index in [9.17, 15) is 8.42 Å². The molecule has 0 aromatic heterocycles. The van der Waals surface area contributed by atoms with Gasteiger partial charge in [0.15, 0.2) is 9.84 Å². The van der Waals surface area contributed by atoms with Gasteiger partial charge in [-0.3, -0.25) is 0 Å². The van der Waals surface area contributed by atoms with E-state index in [0.29, 0.717) is 6.42 Å². The molecule has 0 aromatic rings. The highest BCUT2D eigenvalue weighted by molar-refractivity contribution is 7.91. The molecule has 1 heterocycles. The van der Waals surface area contributed by atoms with Crippen molar-refractivity contribution in [2.24, 2.45) is 5.73 Å². The molecule has 3 unspecified atom stereocenters. The highest BCUT2D eigenvalue weighted by atomic mass is 32.2. The van der Waals surface area contributed by atoms with Gasteiger partial charge in [-0.05, 0) is 19.3 Å². The van der Waals surface area contributed by atoms with E-state index in [2.05, 4.69) is 0 Å². The van der Waals surface area contributed by atoms with Gasteiger partial charge in [-0.2, -0.15) is 0 Å². The summed E-state index contributed by atoms with van der Waals surface area (Å²) in [5.41, 5.74) is 5.95. The van der Waals surface area contributed by atoms with Crippen LogP contribution in [-0.4, -0.2) is 38.2 Å². The second-order valence-corrected chi connectivity index (χ2v) is 6.88. The van der Waals surface area contributed by atoms with Gasteiger partial charge in [0.1, 0.15) is 0 Å². The number of hydrogen-bond donors (Lipinski definition) is 1. The summed E-state index contributed by atoms with van der Waals surface area (Å²) in [5.74, 6) is 0.468. The van der Waals surface area contributed by atoms with Crippen LogP contribution < -0.4 is 5.73 Å². The van der Waals surface area contributed by atoms with Crippen molar-refractivity contribution >= 4 is 9.84 Å². The van der Waals surface area contributed by atoms with Crippen LogP contribution in [0.3, 0.4) is 0 Å². The van der Waals surface area contributed by atoms with Crippen molar-refractivity contribution in [2.75, 3.05) is 11.5 Å². The Hall–Kier alpha value is -0.130. The zero-order chi connectivity index (χ0) is 10.9. The number of sulfone groups is 1. The lowest BCUT2D eigenvalue weighted by Gasteiger charge is -2.30. The van der Waals surface area contributed by atoms with Crippen LogP contribution in [0.15, 0.2) is 0 Å². The Morgan fingerprint density at radius 2 is 1.87 bits per heavy atom. The summed E-state index contributed by atoms with van der Waals surface area (Å²) in [6, 6.07) is 0.0991. The van der Waals surface area contributed by atoms with E-state index in [1.165, 1.54) is 6.42 Å². The number of nitrogens with two attached hydrogens (primary N) is 1. The lowest BCUT2D eigenvalue weighted by Crippen LogP contribution is -2.41. The minimum absolute atomic E-state index is 0.0806. The second kappa shape index (κ2) is 4.39. The molecular weight excluding hydrogens is 214 g/mol. The third kappa shape index (κ3) is 2.92. The van der Waals surface area contributed by atoms with E-state index in [1.54, 1.807) is 0 Å². The van der Waals surface area contributed by atoms with Crippen LogP contribution in [-0.2, 0) is 14.6 Å². The first-order valence-corrected chi connectivity index (χ1v) is 7.50. The van der Waals surface area contributed by atoms with Crippen LogP contribution in [0, 0.1) is 0 Å². The topological polar surface area (TPSA) is 69.4 Å². The monoisotopic (exact) mass is 233 g/mol. The lowest BCUT2D eigenvalue weighted by molar-refractivity contribution is -0.0276. The molecule has 1 aliphatic carbocycles. The molecule has 1 saturated heterocycles. The van der Waals surface area contributed by atoms with Crippen molar-refractivity contribution in [1.29, 1.82) is 0 Å². The largest absolute Gasteiger partial charge is 0.372 e. The minimum Gasteiger partial charge on any atom is -0.372 e. The number of hydrogen-bond acceptors (Lipinski definition) is 4. The summed E-state index contributed by atoms with van der Waals surface area (Å²) in [7, 11) is -2.83. The van der Waals surface area contributed by atoms with Gasteiger partial charge < -0.3 is 10.5 Å². The normalized spacial score (nSPS) is 40.5. The minimum atomic E-state index is -2.83. The summed E-state index contributed by atoms with van der Waals surface area (Å²) >= 11 is 0. The number of ether oxygens (including phenoxy) is 1. The molecule has 2 fully saturated rings. The molecule has 0 spiro atoms. The Balaban J connectivity index is 1.86. The molecule has 2 rings (SSSR count). The SMILES string of the molecule is NC1CCCCC1OC1CCS(=O)(=O)C1. The first kappa shape index (κ1) is 11.4. The molecular formula is C10H19NO3S. The molecule has 2 aliphatic rings. The smallest absolute Gasteiger partial charge is 0.152 e. The van der Waals surface area contributed by atoms with Crippen LogP contribution in [0.25, 0.3) is 0 Å². The van der Waals surface area contributed by atoms with Gasteiger partial charge in [0, 0.05) is 6.04 Å². The Morgan fingerprint density at radius 1 is 1.13 bits per heavy atom. The van der Waals surface area contributed by atoms with Crippen molar-refractivity contribution in [1.82, 2.24) is 0 Å². The summed E-state index contributed by atoms with van der Waals surface area (Å²) in [6.45, 7) is 0. The fraction of sp³-hybridized carbons (Fsp3) is 1.00. The van der Waals surface area contributed by atoms with Crippen LogP contribution in [0.2, 0.25) is 0 Å². The quantitative estimate of drug-likeness (QED) is 0.752. The predicted octanol–water partition coefficient (Wildman–Crippen LogP) is 0.460. The molecule has 1 aliphatic heterocycles. The molecule has 5 heteroatoms. The van der Waals surface area contributed by atoms with Gasteiger partial charge in [-0.25, -0.2) is 8.42 Å². The van der Waals surface area contributed by atoms with Gasteiger partial charge in [-0.15, -0.1) is 0 Å². The molecule has 2 N–H and O–H groups in total. The van der Waals surface area contributed by atoms with E-state index in [4.69, 9.17) is 10.5 Å². The maximum atomic E-state index is 11.3. The van der Waals surface area contributed by atoms with Crippen molar-refractivity contribution in [3.63, 3.8) is 0 Å². The zero-order valence-corrected chi connectivity index (χ0v) is 9.71. The molecule has 0 bridgehead atoms. The van der Waals surface area contributed by atoms with E-state index < -0.39 is 9.84 Å². The predicted molar refractivity (Wildman–Crippen MR) is 58.4 cm³/mol. The van der Waals surface area contributed by atoms with Gasteiger partial charge in [0.05, 0.1) is 23.7 Å². The highest BCUT2D eigenvalue weighted by Crippen LogP contribution is 2.24. The first-order valence-electron chi connectivity index (χ1n) is 5.68. The van der Waals surface area contributed by atoms with Crippen molar-refractivity contribution in [3.05, 3.63) is 0 Å². The summed E-state index contributed by atoms with van der Waals surface area (Å²) in [5, 5.41) is 0. The molecule has 0 radical (unpaired) electrons. The number of rotatable bonds is 2. The van der Waals surface area contributed by atoms with Crippen LogP contribution in [0.1, 0.15) is 32.1 Å². The van der Waals surface area contributed by atoms with Gasteiger partial charge in [-0.1, -0.05) is 12.8 Å². The summed E-state index contributed by atoms with van der Waals surface area (Å²) in [4.78, 5) is 0. The Labute approximate surface area is 91.1 Å². The van der Waals surface area contributed by atoms with E-state index in [-0.39, 0.29) is 29.8 Å². The van der Waals surface area contributed by atoms with Crippen LogP contribution >= 0.6 is 0 Å². The van der Waals surface area contributed by atoms with Gasteiger partial charge in [0.2, 0.25) is 0 Å². The summed E-state index contributed by atoms with van der Waals surface area (Å²) < 4.78 is 28.3. The van der Waals surface area contributed by atoms with Crippen molar-refractivity contribution < 1.29 is 13.2 Å². The van der Waals surface area contributed by atoms with Gasteiger partial charge >= 0.3 is 0 Å². The third-order valence-corrected chi connectivity index (χ3v) is 5.05. The average molecular weight is 233 g/mol. The Morgan fingerprint density at radius 3 is 2.47 bits per heavy atom. The third-order valence-electron chi connectivity index (χ3n) is 3.31. The van der Waals surface area contributed by atoms with E-state index in [0.717, 1.165) is 19.3 Å². The molecule has 1 saturated carbocycles. The Bertz CT molecular complexity index is 315. The molecule has 4 nitrogen and oxygen atoms in total. The zero-order valence-electron chi connectivity index (χ0n) is 8.89. The fourth-order valence-electron chi connectivity index (χ4n) is 2.41. The summed E-state index contributed by atoms with van der Waals surface area (Å²) in [6.07, 6.45) is 4.93. The molecule has 0 aromatic carbocycles. The van der Waals surface area contributed by atoms with Crippen LogP contribution in [0.4, 0.5) is 0 Å². The molecule has 15 heavy (non-hydrogen) atoms. The molecule has 0 amide bonds. The van der Waals surface area contributed by atoms with E-state index in [1.807, 2.05) is 0 Å². The second-order valence-electron chi connectivity index (χ2n) is 4.65. The molecule has 88 valence electrons. The standard InChI is InChI=1S/C10H19NO3S/c11-9-3-1-2-4-10(9)14-8-5-6-15(12,13)7-8/h8-10H,1-7,11H2. The maximum Gasteiger partial charge on any atom is 0.152 e. The Kier molecular flexibility index (Phi) is 3.33. The fourth-order valence-corrected chi connectivity index (χ4v) is 4.01. The maximum absolute atomic E-state index is 11.3. The van der Waals surface area contributed by atoms with Crippen molar-refractivity contribution in [2.45, 2.75) is 50.4 Å². The van der Waals surface area contributed by atoms with Crippen molar-refractivity contribution in [3.8, 4) is 0 Å². The van der Waals surface area contributed by atoms with E-state index >= 15 is 0 Å². The lowest BCUT2D eigenvalue weighted by atomic mass is 9.93.